The molecule has 2 atom stereocenters. The van der Waals surface area contributed by atoms with Gasteiger partial charge in [-0.2, -0.15) is 0 Å². The Hall–Kier alpha value is -3.91. The average molecular weight is 478 g/mol. The van der Waals surface area contributed by atoms with Crippen molar-refractivity contribution in [3.63, 3.8) is 0 Å². The number of oxime groups is 1. The predicted molar refractivity (Wildman–Crippen MR) is 132 cm³/mol. The summed E-state index contributed by atoms with van der Waals surface area (Å²) in [5.74, 6) is 0.238. The molecule has 2 heterocycles. The number of nitrogens with one attached hydrogen (secondary N) is 1. The SMILES string of the molecule is CNC(=O)C1c2ccc(cc2CON=C(C)c2cccc(OC(F)Cc3ccccc3)c2)N1OC. The maximum Gasteiger partial charge on any atom is 0.249 e. The van der Waals surface area contributed by atoms with Crippen molar-refractivity contribution in [3.8, 4) is 5.75 Å². The normalized spacial score (nSPS) is 15.6. The quantitative estimate of drug-likeness (QED) is 0.338. The van der Waals surface area contributed by atoms with E-state index in [0.29, 0.717) is 11.5 Å². The highest BCUT2D eigenvalue weighted by Crippen LogP contribution is 2.37. The number of fused-ring (bicyclic) bond motifs is 3. The van der Waals surface area contributed by atoms with Gasteiger partial charge in [-0.1, -0.05) is 53.7 Å². The first-order chi connectivity index (χ1) is 17.0. The molecule has 0 spiro atoms. The van der Waals surface area contributed by atoms with Crippen LogP contribution in [0, 0.1) is 0 Å². The lowest BCUT2D eigenvalue weighted by molar-refractivity contribution is -0.124. The van der Waals surface area contributed by atoms with E-state index in [1.54, 1.807) is 37.2 Å². The van der Waals surface area contributed by atoms with E-state index in [1.165, 1.54) is 7.11 Å². The second kappa shape index (κ2) is 11.0. The first kappa shape index (κ1) is 24.2. The number of hydrogen-bond donors (Lipinski definition) is 1. The van der Waals surface area contributed by atoms with E-state index < -0.39 is 12.4 Å². The monoisotopic (exact) mass is 477 g/mol. The second-order valence-electron chi connectivity index (χ2n) is 8.10. The molecule has 182 valence electrons. The summed E-state index contributed by atoms with van der Waals surface area (Å²) >= 11 is 0. The van der Waals surface area contributed by atoms with Crippen molar-refractivity contribution in [2.45, 2.75) is 32.4 Å². The minimum Gasteiger partial charge on any atom is -0.460 e. The van der Waals surface area contributed by atoms with Crippen LogP contribution < -0.4 is 15.1 Å². The number of likely N-dealkylation sites (N-methyl/N-ethyl adjacent to an activating group) is 1. The Bertz CT molecular complexity index is 1200. The van der Waals surface area contributed by atoms with E-state index >= 15 is 0 Å². The third-order valence-corrected chi connectivity index (χ3v) is 5.78. The zero-order chi connectivity index (χ0) is 24.8. The van der Waals surface area contributed by atoms with E-state index in [0.717, 1.165) is 27.9 Å². The van der Waals surface area contributed by atoms with Crippen molar-refractivity contribution in [2.24, 2.45) is 5.16 Å². The fourth-order valence-corrected chi connectivity index (χ4v) is 4.03. The molecule has 0 fully saturated rings. The number of hydrogen-bond acceptors (Lipinski definition) is 6. The molecule has 8 heteroatoms. The number of rotatable bonds is 10. The van der Waals surface area contributed by atoms with Crippen molar-refractivity contribution in [2.75, 3.05) is 19.2 Å². The molecule has 3 aromatic rings. The largest absolute Gasteiger partial charge is 0.460 e. The van der Waals surface area contributed by atoms with Crippen molar-refractivity contribution in [1.82, 2.24) is 5.32 Å². The Balaban J connectivity index is 1.40. The van der Waals surface area contributed by atoms with E-state index in [-0.39, 0.29) is 18.9 Å². The fraction of sp³-hybridized carbons (Fsp3) is 0.259. The molecule has 2 aliphatic rings. The van der Waals surface area contributed by atoms with Gasteiger partial charge in [0.25, 0.3) is 0 Å². The standard InChI is InChI=1S/C27H28FN3O4/c1-18(20-10-7-11-23(16-20)35-25(28)14-19-8-5-4-6-9-19)30-34-17-21-15-22-12-13-24(21)26(27(32)29-2)31(22)33-3/h4-13,15-16,25-26H,14,17H2,1-3H3,(H,29,32). The van der Waals surface area contributed by atoms with Crippen LogP contribution in [0.3, 0.4) is 0 Å². The van der Waals surface area contributed by atoms with E-state index in [4.69, 9.17) is 14.4 Å². The Morgan fingerprint density at radius 3 is 2.66 bits per heavy atom. The van der Waals surface area contributed by atoms with E-state index in [1.807, 2.05) is 54.6 Å². The van der Waals surface area contributed by atoms with Crippen molar-refractivity contribution in [1.29, 1.82) is 0 Å². The molecule has 2 bridgehead atoms. The van der Waals surface area contributed by atoms with Crippen LogP contribution in [0.5, 0.6) is 5.75 Å². The number of ether oxygens (including phenoxy) is 1. The van der Waals surface area contributed by atoms with E-state index in [9.17, 15) is 9.18 Å². The number of carbonyl (C=O) groups excluding carboxylic acids is 1. The Kier molecular flexibility index (Phi) is 7.62. The topological polar surface area (TPSA) is 72.4 Å². The van der Waals surface area contributed by atoms with Gasteiger partial charge in [-0.05, 0) is 42.3 Å². The highest BCUT2D eigenvalue weighted by atomic mass is 19.1. The van der Waals surface area contributed by atoms with Crippen LogP contribution in [0.4, 0.5) is 10.1 Å². The maximum absolute atomic E-state index is 14.4. The van der Waals surface area contributed by atoms with Gasteiger partial charge in [-0.3, -0.25) is 9.63 Å². The van der Waals surface area contributed by atoms with Gasteiger partial charge in [-0.25, -0.2) is 9.45 Å². The number of amides is 1. The van der Waals surface area contributed by atoms with Crippen molar-refractivity contribution in [3.05, 3.63) is 95.1 Å². The molecular formula is C27H28FN3O4. The smallest absolute Gasteiger partial charge is 0.249 e. The molecule has 0 saturated carbocycles. The highest BCUT2D eigenvalue weighted by Gasteiger charge is 2.34. The van der Waals surface area contributed by atoms with Crippen molar-refractivity contribution >= 4 is 17.3 Å². The summed E-state index contributed by atoms with van der Waals surface area (Å²) in [6.45, 7) is 1.99. The fourth-order valence-electron chi connectivity index (χ4n) is 4.03. The van der Waals surface area contributed by atoms with Gasteiger partial charge in [0.2, 0.25) is 12.3 Å². The van der Waals surface area contributed by atoms with Crippen LogP contribution in [0.2, 0.25) is 0 Å². The van der Waals surface area contributed by atoms with Gasteiger partial charge >= 0.3 is 0 Å². The lowest BCUT2D eigenvalue weighted by atomic mass is 9.94. The number of carbonyl (C=O) groups is 1. The predicted octanol–water partition coefficient (Wildman–Crippen LogP) is 4.71. The zero-order valence-corrected chi connectivity index (χ0v) is 19.9. The molecule has 2 aliphatic heterocycles. The summed E-state index contributed by atoms with van der Waals surface area (Å²) in [6, 6.07) is 21.5. The van der Waals surface area contributed by atoms with Gasteiger partial charge in [0, 0.05) is 24.6 Å². The van der Waals surface area contributed by atoms with Gasteiger partial charge in [0.05, 0.1) is 18.5 Å². The molecule has 3 aromatic carbocycles. The molecule has 1 amide bonds. The number of halogens is 1. The molecule has 2 unspecified atom stereocenters. The molecule has 7 nitrogen and oxygen atoms in total. The molecular weight excluding hydrogens is 449 g/mol. The van der Waals surface area contributed by atoms with Crippen LogP contribution in [0.1, 0.15) is 35.2 Å². The first-order valence-electron chi connectivity index (χ1n) is 11.3. The average Bonchev–Trinajstić information content (AvgIpc) is 2.88. The summed E-state index contributed by atoms with van der Waals surface area (Å²) in [6.07, 6.45) is -1.29. The summed E-state index contributed by atoms with van der Waals surface area (Å²) in [7, 11) is 3.12. The molecule has 0 aromatic heterocycles. The Morgan fingerprint density at radius 2 is 1.91 bits per heavy atom. The lowest BCUT2D eigenvalue weighted by Gasteiger charge is -2.36. The van der Waals surface area contributed by atoms with Crippen LogP contribution >= 0.6 is 0 Å². The Morgan fingerprint density at radius 1 is 1.11 bits per heavy atom. The second-order valence-corrected chi connectivity index (χ2v) is 8.10. The molecule has 0 saturated heterocycles. The lowest BCUT2D eigenvalue weighted by Crippen LogP contribution is -2.41. The molecule has 35 heavy (non-hydrogen) atoms. The van der Waals surface area contributed by atoms with Gasteiger partial charge in [-0.15, -0.1) is 0 Å². The summed E-state index contributed by atoms with van der Waals surface area (Å²) in [5, 5.41) is 8.46. The number of nitrogens with zero attached hydrogens (tertiary/aromatic N) is 2. The van der Waals surface area contributed by atoms with Gasteiger partial charge < -0.3 is 14.9 Å². The summed E-state index contributed by atoms with van der Waals surface area (Å²) < 4.78 is 19.9. The zero-order valence-electron chi connectivity index (χ0n) is 19.9. The third kappa shape index (κ3) is 5.60. The number of alkyl halides is 1. The van der Waals surface area contributed by atoms with Crippen molar-refractivity contribution < 1.29 is 23.6 Å². The van der Waals surface area contributed by atoms with Crippen LogP contribution in [-0.4, -0.2) is 32.1 Å². The number of hydroxylamine groups is 1. The van der Waals surface area contributed by atoms with Crippen LogP contribution in [0.15, 0.2) is 78.0 Å². The van der Waals surface area contributed by atoms with E-state index in [2.05, 4.69) is 10.5 Å². The Labute approximate surface area is 204 Å². The minimum atomic E-state index is -1.46. The van der Waals surface area contributed by atoms with Gasteiger partial charge in [0.1, 0.15) is 12.4 Å². The third-order valence-electron chi connectivity index (χ3n) is 5.78. The molecule has 0 radical (unpaired) electrons. The number of anilines is 1. The molecule has 5 rings (SSSR count). The minimum absolute atomic E-state index is 0.167. The van der Waals surface area contributed by atoms with Crippen LogP contribution in [0.25, 0.3) is 0 Å². The highest BCUT2D eigenvalue weighted by molar-refractivity contribution is 5.98. The molecule has 0 aliphatic carbocycles. The first-order valence-corrected chi connectivity index (χ1v) is 11.3. The summed E-state index contributed by atoms with van der Waals surface area (Å²) in [5.41, 5.74) is 4.63. The summed E-state index contributed by atoms with van der Waals surface area (Å²) in [4.78, 5) is 23.4. The van der Waals surface area contributed by atoms with Gasteiger partial charge in [0.15, 0.2) is 6.04 Å². The maximum atomic E-state index is 14.4. The molecule has 1 N–H and O–H groups in total. The van der Waals surface area contributed by atoms with Crippen LogP contribution in [-0.2, 0) is 27.5 Å². The number of benzene rings is 3.